The molecule has 0 unspecified atom stereocenters. The molecule has 0 bridgehead atoms. The van der Waals surface area contributed by atoms with E-state index in [4.69, 9.17) is 0 Å². The van der Waals surface area contributed by atoms with Gasteiger partial charge in [-0.05, 0) is 63.4 Å². The van der Waals surface area contributed by atoms with Crippen LogP contribution >= 0.6 is 0 Å². The van der Waals surface area contributed by atoms with E-state index in [1.54, 1.807) is 16.8 Å². The highest BCUT2D eigenvalue weighted by molar-refractivity contribution is 5.99. The highest BCUT2D eigenvalue weighted by Crippen LogP contribution is 2.20. The van der Waals surface area contributed by atoms with Gasteiger partial charge in [0.15, 0.2) is 5.65 Å². The van der Waals surface area contributed by atoms with Gasteiger partial charge < -0.3 is 10.2 Å². The molecule has 0 saturated carbocycles. The lowest BCUT2D eigenvalue weighted by atomic mass is 9.93. The highest BCUT2D eigenvalue weighted by Gasteiger charge is 2.19. The van der Waals surface area contributed by atoms with Gasteiger partial charge in [0.1, 0.15) is 6.33 Å². The number of carbonyl (C=O) groups excluding carboxylic acids is 1. The van der Waals surface area contributed by atoms with Gasteiger partial charge in [-0.1, -0.05) is 6.92 Å². The molecule has 0 radical (unpaired) electrons. The van der Waals surface area contributed by atoms with Gasteiger partial charge in [-0.25, -0.2) is 0 Å². The van der Waals surface area contributed by atoms with Gasteiger partial charge in [0.2, 0.25) is 0 Å². The predicted molar refractivity (Wildman–Crippen MR) is 89.4 cm³/mol. The van der Waals surface area contributed by atoms with Crippen molar-refractivity contribution in [1.29, 1.82) is 0 Å². The summed E-state index contributed by atoms with van der Waals surface area (Å²) in [6, 6.07) is 3.64. The van der Waals surface area contributed by atoms with Crippen molar-refractivity contribution in [2.24, 2.45) is 5.92 Å². The van der Waals surface area contributed by atoms with Crippen LogP contribution in [0.1, 0.15) is 43.0 Å². The fraction of sp³-hybridized carbons (Fsp3) is 0.588. The average Bonchev–Trinajstić information content (AvgIpc) is 3.05. The lowest BCUT2D eigenvalue weighted by Crippen LogP contribution is -2.35. The monoisotopic (exact) mass is 315 g/mol. The number of pyridine rings is 1. The van der Waals surface area contributed by atoms with Crippen LogP contribution in [0.15, 0.2) is 24.7 Å². The number of amides is 1. The number of hydrogen-bond donors (Lipinski definition) is 1. The Hall–Kier alpha value is -1.95. The van der Waals surface area contributed by atoms with Crippen molar-refractivity contribution in [3.05, 3.63) is 30.2 Å². The molecular weight excluding hydrogens is 290 g/mol. The molecule has 3 heterocycles. The van der Waals surface area contributed by atoms with Crippen LogP contribution < -0.4 is 5.32 Å². The molecule has 1 aliphatic heterocycles. The fourth-order valence-electron chi connectivity index (χ4n) is 3.33. The van der Waals surface area contributed by atoms with E-state index in [9.17, 15) is 4.79 Å². The third kappa shape index (κ3) is 3.88. The number of carbonyl (C=O) groups is 1. The van der Waals surface area contributed by atoms with E-state index in [0.29, 0.717) is 11.2 Å². The van der Waals surface area contributed by atoms with Crippen LogP contribution in [0, 0.1) is 5.92 Å². The number of nitrogens with zero attached hydrogens (tertiary/aromatic N) is 4. The highest BCUT2D eigenvalue weighted by atomic mass is 16.1. The van der Waals surface area contributed by atoms with Crippen LogP contribution in [0.2, 0.25) is 0 Å². The SMILES string of the molecule is CCCN1CCC(CCNC(=O)c2cccn3cnnc23)CC1. The van der Waals surface area contributed by atoms with E-state index >= 15 is 0 Å². The maximum atomic E-state index is 12.3. The van der Waals surface area contributed by atoms with Crippen LogP contribution in [-0.2, 0) is 0 Å². The molecule has 1 fully saturated rings. The first kappa shape index (κ1) is 15.9. The third-order valence-electron chi connectivity index (χ3n) is 4.65. The van der Waals surface area contributed by atoms with Crippen molar-refractivity contribution in [3.8, 4) is 0 Å². The molecule has 2 aromatic heterocycles. The minimum absolute atomic E-state index is 0.0629. The molecule has 2 aromatic rings. The van der Waals surface area contributed by atoms with Crippen LogP contribution in [0.3, 0.4) is 0 Å². The first-order valence-electron chi connectivity index (χ1n) is 8.57. The van der Waals surface area contributed by atoms with Crippen LogP contribution in [0.25, 0.3) is 5.65 Å². The Morgan fingerprint density at radius 3 is 3.00 bits per heavy atom. The second kappa shape index (κ2) is 7.55. The maximum Gasteiger partial charge on any atom is 0.255 e. The van der Waals surface area contributed by atoms with Crippen molar-refractivity contribution < 1.29 is 4.79 Å². The van der Waals surface area contributed by atoms with Crippen molar-refractivity contribution in [2.75, 3.05) is 26.2 Å². The van der Waals surface area contributed by atoms with Gasteiger partial charge in [0, 0.05) is 12.7 Å². The largest absolute Gasteiger partial charge is 0.352 e. The second-order valence-electron chi connectivity index (χ2n) is 6.31. The summed E-state index contributed by atoms with van der Waals surface area (Å²) < 4.78 is 1.76. The van der Waals surface area contributed by atoms with Crippen molar-refractivity contribution >= 4 is 11.6 Å². The zero-order valence-corrected chi connectivity index (χ0v) is 13.7. The first-order chi connectivity index (χ1) is 11.3. The third-order valence-corrected chi connectivity index (χ3v) is 4.65. The van der Waals surface area contributed by atoms with Crippen LogP contribution in [0.4, 0.5) is 0 Å². The molecule has 6 heteroatoms. The minimum atomic E-state index is -0.0629. The van der Waals surface area contributed by atoms with Crippen LogP contribution in [0.5, 0.6) is 0 Å². The molecule has 0 aromatic carbocycles. The molecule has 0 atom stereocenters. The summed E-state index contributed by atoms with van der Waals surface area (Å²) in [4.78, 5) is 14.9. The first-order valence-corrected chi connectivity index (χ1v) is 8.57. The molecule has 23 heavy (non-hydrogen) atoms. The van der Waals surface area contributed by atoms with Gasteiger partial charge >= 0.3 is 0 Å². The Morgan fingerprint density at radius 1 is 1.39 bits per heavy atom. The number of rotatable bonds is 6. The molecule has 0 spiro atoms. The average molecular weight is 315 g/mol. The molecule has 3 rings (SSSR count). The standard InChI is InChI=1S/C17H25N5O/c1-2-9-21-11-6-14(7-12-21)5-8-18-17(23)15-4-3-10-22-13-19-20-16(15)22/h3-4,10,13-14H,2,5-9,11-12H2,1H3,(H,18,23). The van der Waals surface area contributed by atoms with Gasteiger partial charge in [0.25, 0.3) is 5.91 Å². The molecule has 124 valence electrons. The minimum Gasteiger partial charge on any atom is -0.352 e. The summed E-state index contributed by atoms with van der Waals surface area (Å²) in [5, 5.41) is 10.9. The Labute approximate surface area is 136 Å². The van der Waals surface area contributed by atoms with E-state index in [-0.39, 0.29) is 5.91 Å². The zero-order valence-electron chi connectivity index (χ0n) is 13.7. The Morgan fingerprint density at radius 2 is 2.22 bits per heavy atom. The maximum absolute atomic E-state index is 12.3. The summed E-state index contributed by atoms with van der Waals surface area (Å²) >= 11 is 0. The van der Waals surface area contributed by atoms with Gasteiger partial charge in [-0.2, -0.15) is 0 Å². The summed E-state index contributed by atoms with van der Waals surface area (Å²) in [5.74, 6) is 0.666. The summed E-state index contributed by atoms with van der Waals surface area (Å²) in [6.07, 6.45) is 8.23. The molecule has 6 nitrogen and oxygen atoms in total. The van der Waals surface area contributed by atoms with Gasteiger partial charge in [0.05, 0.1) is 5.56 Å². The van der Waals surface area contributed by atoms with Crippen molar-refractivity contribution in [1.82, 2.24) is 24.8 Å². The summed E-state index contributed by atoms with van der Waals surface area (Å²) in [5.41, 5.74) is 1.20. The molecule has 1 aliphatic rings. The predicted octanol–water partition coefficient (Wildman–Crippen LogP) is 1.97. The van der Waals surface area contributed by atoms with Crippen LogP contribution in [-0.4, -0.2) is 51.6 Å². The molecule has 1 N–H and O–H groups in total. The van der Waals surface area contributed by atoms with Crippen molar-refractivity contribution in [2.45, 2.75) is 32.6 Å². The zero-order chi connectivity index (χ0) is 16.1. The normalized spacial score (nSPS) is 16.7. The van der Waals surface area contributed by atoms with E-state index in [0.717, 1.165) is 18.9 Å². The number of piperidine rings is 1. The molecule has 1 amide bonds. The lowest BCUT2D eigenvalue weighted by Gasteiger charge is -2.31. The van der Waals surface area contributed by atoms with Crippen molar-refractivity contribution in [3.63, 3.8) is 0 Å². The smallest absolute Gasteiger partial charge is 0.255 e. The van der Waals surface area contributed by atoms with E-state index < -0.39 is 0 Å². The number of likely N-dealkylation sites (tertiary alicyclic amines) is 1. The topological polar surface area (TPSA) is 62.5 Å². The summed E-state index contributed by atoms with van der Waals surface area (Å²) in [6.45, 7) is 6.58. The fourth-order valence-corrected chi connectivity index (χ4v) is 3.33. The van der Waals surface area contributed by atoms with E-state index in [2.05, 4.69) is 27.3 Å². The number of aromatic nitrogens is 3. The Balaban J connectivity index is 1.46. The number of nitrogens with one attached hydrogen (secondary N) is 1. The Kier molecular flexibility index (Phi) is 5.23. The molecular formula is C17H25N5O. The summed E-state index contributed by atoms with van der Waals surface area (Å²) in [7, 11) is 0. The van der Waals surface area contributed by atoms with E-state index in [1.807, 2.05) is 12.3 Å². The van der Waals surface area contributed by atoms with Gasteiger partial charge in [-0.3, -0.25) is 9.20 Å². The second-order valence-corrected chi connectivity index (χ2v) is 6.31. The molecule has 0 aliphatic carbocycles. The van der Waals surface area contributed by atoms with E-state index in [1.165, 1.54) is 38.9 Å². The van der Waals surface area contributed by atoms with Gasteiger partial charge in [-0.15, -0.1) is 10.2 Å². The number of fused-ring (bicyclic) bond motifs is 1. The number of hydrogen-bond acceptors (Lipinski definition) is 4. The lowest BCUT2D eigenvalue weighted by molar-refractivity contribution is 0.0949. The molecule has 1 saturated heterocycles. The quantitative estimate of drug-likeness (QED) is 0.885. The Bertz CT molecular complexity index is 645.